The SMILES string of the molecule is Cc1ccc2cnn(C(=O)Nc3ccc(Br)cc3)c2c1. The molecule has 0 saturated heterocycles. The summed E-state index contributed by atoms with van der Waals surface area (Å²) >= 11 is 3.36. The van der Waals surface area contributed by atoms with Gasteiger partial charge < -0.3 is 5.32 Å². The van der Waals surface area contributed by atoms with E-state index in [0.29, 0.717) is 0 Å². The molecule has 1 heterocycles. The third-order valence-corrected chi connectivity index (χ3v) is 3.54. The zero-order valence-electron chi connectivity index (χ0n) is 10.8. The van der Waals surface area contributed by atoms with Gasteiger partial charge in [-0.05, 0) is 42.8 Å². The van der Waals surface area contributed by atoms with E-state index in [1.165, 1.54) is 4.68 Å². The van der Waals surface area contributed by atoms with Crippen LogP contribution in [0.5, 0.6) is 0 Å². The Morgan fingerprint density at radius 2 is 1.95 bits per heavy atom. The van der Waals surface area contributed by atoms with E-state index in [0.717, 1.165) is 26.6 Å². The average Bonchev–Trinajstić information content (AvgIpc) is 2.84. The number of hydrogen-bond donors (Lipinski definition) is 1. The van der Waals surface area contributed by atoms with Crippen molar-refractivity contribution in [1.29, 1.82) is 0 Å². The number of fused-ring (bicyclic) bond motifs is 1. The lowest BCUT2D eigenvalue weighted by molar-refractivity contribution is 0.252. The highest BCUT2D eigenvalue weighted by Gasteiger charge is 2.10. The second-order valence-corrected chi connectivity index (χ2v) is 5.47. The van der Waals surface area contributed by atoms with Crippen LogP contribution in [0.25, 0.3) is 10.9 Å². The van der Waals surface area contributed by atoms with Crippen LogP contribution in [0.3, 0.4) is 0 Å². The van der Waals surface area contributed by atoms with Crippen molar-refractivity contribution in [3.63, 3.8) is 0 Å². The maximum atomic E-state index is 12.3. The third kappa shape index (κ3) is 2.44. The maximum Gasteiger partial charge on any atom is 0.347 e. The smallest absolute Gasteiger partial charge is 0.306 e. The van der Waals surface area contributed by atoms with Crippen molar-refractivity contribution in [2.24, 2.45) is 0 Å². The van der Waals surface area contributed by atoms with Crippen LogP contribution in [0, 0.1) is 6.92 Å². The van der Waals surface area contributed by atoms with Gasteiger partial charge in [0.1, 0.15) is 0 Å². The van der Waals surface area contributed by atoms with Gasteiger partial charge in [-0.1, -0.05) is 28.1 Å². The number of rotatable bonds is 1. The minimum absolute atomic E-state index is 0.270. The number of halogens is 1. The van der Waals surface area contributed by atoms with Gasteiger partial charge in [-0.3, -0.25) is 0 Å². The third-order valence-electron chi connectivity index (χ3n) is 3.01. The van der Waals surface area contributed by atoms with Crippen LogP contribution in [-0.4, -0.2) is 15.8 Å². The molecule has 0 saturated carbocycles. The van der Waals surface area contributed by atoms with Crippen molar-refractivity contribution in [3.05, 3.63) is 58.7 Å². The Balaban J connectivity index is 1.92. The van der Waals surface area contributed by atoms with Crippen LogP contribution < -0.4 is 5.32 Å². The van der Waals surface area contributed by atoms with E-state index in [4.69, 9.17) is 0 Å². The highest BCUT2D eigenvalue weighted by Crippen LogP contribution is 2.17. The Morgan fingerprint density at radius 3 is 2.70 bits per heavy atom. The molecule has 1 aromatic heterocycles. The minimum atomic E-state index is -0.270. The Morgan fingerprint density at radius 1 is 1.20 bits per heavy atom. The molecule has 5 heteroatoms. The molecule has 2 aromatic carbocycles. The normalized spacial score (nSPS) is 10.7. The Bertz CT molecular complexity index is 777. The van der Waals surface area contributed by atoms with Crippen molar-refractivity contribution in [3.8, 4) is 0 Å². The first-order chi connectivity index (χ1) is 9.63. The molecule has 0 aliphatic rings. The summed E-state index contributed by atoms with van der Waals surface area (Å²) in [7, 11) is 0. The summed E-state index contributed by atoms with van der Waals surface area (Å²) < 4.78 is 2.35. The van der Waals surface area contributed by atoms with Gasteiger partial charge in [0.2, 0.25) is 0 Å². The Labute approximate surface area is 124 Å². The van der Waals surface area contributed by atoms with Gasteiger partial charge in [0, 0.05) is 15.5 Å². The van der Waals surface area contributed by atoms with E-state index < -0.39 is 0 Å². The number of aryl methyl sites for hydroxylation is 1. The second-order valence-electron chi connectivity index (χ2n) is 4.56. The number of carbonyl (C=O) groups excluding carboxylic acids is 1. The summed E-state index contributed by atoms with van der Waals surface area (Å²) in [5.41, 5.74) is 2.63. The number of benzene rings is 2. The van der Waals surface area contributed by atoms with Crippen molar-refractivity contribution < 1.29 is 4.79 Å². The van der Waals surface area contributed by atoms with Crippen LogP contribution in [0.4, 0.5) is 10.5 Å². The lowest BCUT2D eigenvalue weighted by atomic mass is 10.2. The van der Waals surface area contributed by atoms with E-state index in [1.54, 1.807) is 6.20 Å². The molecule has 0 unspecified atom stereocenters. The van der Waals surface area contributed by atoms with Gasteiger partial charge in [0.15, 0.2) is 0 Å². The van der Waals surface area contributed by atoms with E-state index in [9.17, 15) is 4.79 Å². The monoisotopic (exact) mass is 329 g/mol. The first-order valence-electron chi connectivity index (χ1n) is 6.15. The highest BCUT2D eigenvalue weighted by atomic mass is 79.9. The fourth-order valence-electron chi connectivity index (χ4n) is 2.00. The fraction of sp³-hybridized carbons (Fsp3) is 0.0667. The second kappa shape index (κ2) is 5.09. The lowest BCUT2D eigenvalue weighted by Crippen LogP contribution is -2.20. The van der Waals surface area contributed by atoms with Gasteiger partial charge >= 0.3 is 6.03 Å². The Kier molecular flexibility index (Phi) is 3.28. The number of nitrogens with zero attached hydrogens (tertiary/aromatic N) is 2. The van der Waals surface area contributed by atoms with E-state index in [-0.39, 0.29) is 6.03 Å². The van der Waals surface area contributed by atoms with Crippen LogP contribution >= 0.6 is 15.9 Å². The summed E-state index contributed by atoms with van der Waals surface area (Å²) in [5.74, 6) is 0. The molecule has 4 nitrogen and oxygen atoms in total. The van der Waals surface area contributed by atoms with Crippen LogP contribution in [0.15, 0.2) is 53.1 Å². The minimum Gasteiger partial charge on any atom is -0.306 e. The van der Waals surface area contributed by atoms with Crippen LogP contribution in [-0.2, 0) is 0 Å². The van der Waals surface area contributed by atoms with Gasteiger partial charge in [0.25, 0.3) is 0 Å². The molecule has 0 fully saturated rings. The molecule has 0 aliphatic carbocycles. The predicted octanol–water partition coefficient (Wildman–Crippen LogP) is 4.19. The quantitative estimate of drug-likeness (QED) is 0.727. The molecule has 0 bridgehead atoms. The number of carbonyl (C=O) groups is 1. The van der Waals surface area contributed by atoms with Crippen molar-refractivity contribution >= 4 is 38.6 Å². The van der Waals surface area contributed by atoms with Gasteiger partial charge in [-0.15, -0.1) is 0 Å². The zero-order valence-corrected chi connectivity index (χ0v) is 12.4. The molecule has 3 aromatic rings. The van der Waals surface area contributed by atoms with Crippen molar-refractivity contribution in [2.45, 2.75) is 6.92 Å². The molecule has 0 radical (unpaired) electrons. The first kappa shape index (κ1) is 12.9. The number of hydrogen-bond acceptors (Lipinski definition) is 2. The summed E-state index contributed by atoms with van der Waals surface area (Å²) in [4.78, 5) is 12.3. The van der Waals surface area contributed by atoms with Gasteiger partial charge in [-0.2, -0.15) is 9.78 Å². The molecule has 1 N–H and O–H groups in total. The first-order valence-corrected chi connectivity index (χ1v) is 6.94. The molecule has 0 spiro atoms. The highest BCUT2D eigenvalue weighted by molar-refractivity contribution is 9.10. The van der Waals surface area contributed by atoms with Crippen molar-refractivity contribution in [2.75, 3.05) is 5.32 Å². The van der Waals surface area contributed by atoms with Crippen molar-refractivity contribution in [1.82, 2.24) is 9.78 Å². The molecule has 3 rings (SSSR count). The molecule has 20 heavy (non-hydrogen) atoms. The standard InChI is InChI=1S/C15H12BrN3O/c1-10-2-3-11-9-17-19(14(11)8-10)15(20)18-13-6-4-12(16)5-7-13/h2-9H,1H3,(H,18,20). The van der Waals surface area contributed by atoms with E-state index >= 15 is 0 Å². The summed E-state index contributed by atoms with van der Waals surface area (Å²) in [5, 5.41) is 7.92. The summed E-state index contributed by atoms with van der Waals surface area (Å²) in [6.07, 6.45) is 1.69. The number of anilines is 1. The predicted molar refractivity (Wildman–Crippen MR) is 83.0 cm³/mol. The van der Waals surface area contributed by atoms with Crippen LogP contribution in [0.2, 0.25) is 0 Å². The maximum absolute atomic E-state index is 12.3. The summed E-state index contributed by atoms with van der Waals surface area (Å²) in [6.45, 7) is 1.99. The average molecular weight is 330 g/mol. The summed E-state index contributed by atoms with van der Waals surface area (Å²) in [6, 6.07) is 13.1. The van der Waals surface area contributed by atoms with Gasteiger partial charge in [-0.25, -0.2) is 4.79 Å². The molecule has 0 atom stereocenters. The molecular weight excluding hydrogens is 318 g/mol. The van der Waals surface area contributed by atoms with Gasteiger partial charge in [0.05, 0.1) is 11.7 Å². The number of amides is 1. The fourth-order valence-corrected chi connectivity index (χ4v) is 2.26. The topological polar surface area (TPSA) is 46.9 Å². The molecule has 100 valence electrons. The molecule has 1 amide bonds. The number of aromatic nitrogens is 2. The lowest BCUT2D eigenvalue weighted by Gasteiger charge is -2.06. The number of nitrogens with one attached hydrogen (secondary N) is 1. The van der Waals surface area contributed by atoms with E-state index in [1.807, 2.05) is 49.4 Å². The largest absolute Gasteiger partial charge is 0.347 e. The van der Waals surface area contributed by atoms with E-state index in [2.05, 4.69) is 26.3 Å². The molecule has 0 aliphatic heterocycles. The zero-order chi connectivity index (χ0) is 14.1. The molecular formula is C15H12BrN3O. The Hall–Kier alpha value is -2.14. The van der Waals surface area contributed by atoms with Crippen LogP contribution in [0.1, 0.15) is 5.56 Å².